The monoisotopic (exact) mass is 311 g/mol. The number of aryl methyl sites for hydroxylation is 3. The molecule has 0 fully saturated rings. The quantitative estimate of drug-likeness (QED) is 0.791. The van der Waals surface area contributed by atoms with Crippen LogP contribution in [0.4, 0.5) is 5.69 Å². The Hall–Kier alpha value is -2.96. The van der Waals surface area contributed by atoms with Crippen LogP contribution in [0.5, 0.6) is 0 Å². The summed E-state index contributed by atoms with van der Waals surface area (Å²) in [5.74, 6) is -0.172. The molecule has 0 aliphatic carbocycles. The Kier molecular flexibility index (Phi) is 3.92. The van der Waals surface area contributed by atoms with Crippen molar-refractivity contribution in [3.8, 4) is 0 Å². The molecular weight excluding hydrogens is 294 g/mol. The number of rotatable bonds is 4. The Labute approximate surface area is 132 Å². The highest BCUT2D eigenvalue weighted by molar-refractivity contribution is 5.90. The van der Waals surface area contributed by atoms with Crippen LogP contribution in [0.1, 0.15) is 12.0 Å². The Morgan fingerprint density at radius 3 is 2.91 bits per heavy atom. The average molecular weight is 311 g/mol. The highest BCUT2D eigenvalue weighted by Crippen LogP contribution is 2.11. The number of carbonyl (C=O) groups excluding carboxylic acids is 1. The summed E-state index contributed by atoms with van der Waals surface area (Å²) in [4.78, 5) is 28.7. The summed E-state index contributed by atoms with van der Waals surface area (Å²) in [5, 5.41) is 7.29. The van der Waals surface area contributed by atoms with Crippen LogP contribution in [0.2, 0.25) is 0 Å². The molecule has 0 unspecified atom stereocenters. The van der Waals surface area contributed by atoms with E-state index in [1.165, 1.54) is 10.9 Å². The van der Waals surface area contributed by atoms with Gasteiger partial charge in [-0.15, -0.1) is 0 Å². The highest BCUT2D eigenvalue weighted by atomic mass is 16.2. The lowest BCUT2D eigenvalue weighted by Gasteiger charge is -2.07. The van der Waals surface area contributed by atoms with Gasteiger partial charge in [0, 0.05) is 26.2 Å². The van der Waals surface area contributed by atoms with Gasteiger partial charge in [0.1, 0.15) is 0 Å². The fraction of sp³-hybridized carbons (Fsp3) is 0.250. The molecule has 0 saturated carbocycles. The molecule has 118 valence electrons. The predicted molar refractivity (Wildman–Crippen MR) is 87.2 cm³/mol. The molecule has 0 radical (unpaired) electrons. The minimum Gasteiger partial charge on any atom is -0.323 e. The van der Waals surface area contributed by atoms with Gasteiger partial charge in [0.15, 0.2) is 0 Å². The number of benzene rings is 1. The minimum absolute atomic E-state index is 0.132. The van der Waals surface area contributed by atoms with E-state index < -0.39 is 0 Å². The fourth-order valence-electron chi connectivity index (χ4n) is 2.43. The van der Waals surface area contributed by atoms with E-state index >= 15 is 0 Å². The van der Waals surface area contributed by atoms with Crippen molar-refractivity contribution in [2.24, 2.45) is 7.05 Å². The molecule has 0 aliphatic heterocycles. The standard InChI is InChI=1S/C16H17N5O2/c1-11-4-3-5-13-15(11)17-10-21(16(13)23)7-6-14(22)19-12-8-18-20(2)9-12/h3-5,8-10H,6-7H2,1-2H3,(H,19,22). The molecule has 1 aromatic carbocycles. The summed E-state index contributed by atoms with van der Waals surface area (Å²) < 4.78 is 3.07. The van der Waals surface area contributed by atoms with Crippen molar-refractivity contribution in [1.82, 2.24) is 19.3 Å². The molecule has 2 aromatic heterocycles. The summed E-state index contributed by atoms with van der Waals surface area (Å²) in [6.07, 6.45) is 4.97. The summed E-state index contributed by atoms with van der Waals surface area (Å²) in [7, 11) is 1.78. The van der Waals surface area contributed by atoms with E-state index in [1.807, 2.05) is 19.1 Å². The van der Waals surface area contributed by atoms with E-state index in [0.717, 1.165) is 5.56 Å². The summed E-state index contributed by atoms with van der Waals surface area (Å²) in [6.45, 7) is 2.20. The Morgan fingerprint density at radius 1 is 1.35 bits per heavy atom. The molecule has 2 heterocycles. The lowest BCUT2D eigenvalue weighted by molar-refractivity contribution is -0.116. The van der Waals surface area contributed by atoms with Crippen LogP contribution < -0.4 is 10.9 Å². The maximum Gasteiger partial charge on any atom is 0.261 e. The van der Waals surface area contributed by atoms with E-state index in [9.17, 15) is 9.59 Å². The van der Waals surface area contributed by atoms with Crippen LogP contribution in [0.15, 0.2) is 41.7 Å². The Bertz CT molecular complexity index is 926. The number of anilines is 1. The first kappa shape index (κ1) is 15.0. The highest BCUT2D eigenvalue weighted by Gasteiger charge is 2.08. The number of aromatic nitrogens is 4. The fourth-order valence-corrected chi connectivity index (χ4v) is 2.43. The molecule has 0 saturated heterocycles. The lowest BCUT2D eigenvalue weighted by atomic mass is 10.1. The van der Waals surface area contributed by atoms with E-state index in [2.05, 4.69) is 15.4 Å². The average Bonchev–Trinajstić information content (AvgIpc) is 2.92. The second kappa shape index (κ2) is 6.04. The van der Waals surface area contributed by atoms with Crippen LogP contribution >= 0.6 is 0 Å². The number of para-hydroxylation sites is 1. The molecule has 0 aliphatic rings. The van der Waals surface area contributed by atoms with Gasteiger partial charge in [0.25, 0.3) is 5.56 Å². The van der Waals surface area contributed by atoms with E-state index in [0.29, 0.717) is 16.6 Å². The van der Waals surface area contributed by atoms with Gasteiger partial charge in [-0.2, -0.15) is 5.10 Å². The number of carbonyl (C=O) groups is 1. The van der Waals surface area contributed by atoms with Gasteiger partial charge < -0.3 is 5.32 Å². The number of hydrogen-bond donors (Lipinski definition) is 1. The molecule has 0 bridgehead atoms. The zero-order chi connectivity index (χ0) is 16.4. The molecule has 3 aromatic rings. The summed E-state index contributed by atoms with van der Waals surface area (Å²) in [6, 6.07) is 5.50. The molecule has 23 heavy (non-hydrogen) atoms. The first-order valence-electron chi connectivity index (χ1n) is 7.28. The van der Waals surface area contributed by atoms with Crippen molar-refractivity contribution in [2.75, 3.05) is 5.32 Å². The van der Waals surface area contributed by atoms with Gasteiger partial charge in [-0.25, -0.2) is 4.98 Å². The molecule has 1 amide bonds. The summed E-state index contributed by atoms with van der Waals surface area (Å²) >= 11 is 0. The second-order valence-electron chi connectivity index (χ2n) is 5.42. The normalized spacial score (nSPS) is 10.9. The molecular formula is C16H17N5O2. The van der Waals surface area contributed by atoms with Crippen LogP contribution in [0.3, 0.4) is 0 Å². The molecule has 0 spiro atoms. The minimum atomic E-state index is -0.172. The molecule has 7 heteroatoms. The zero-order valence-corrected chi connectivity index (χ0v) is 13.0. The Morgan fingerprint density at radius 2 is 2.17 bits per heavy atom. The van der Waals surface area contributed by atoms with E-state index in [-0.39, 0.29) is 24.4 Å². The van der Waals surface area contributed by atoms with Crippen molar-refractivity contribution < 1.29 is 4.79 Å². The maximum absolute atomic E-state index is 12.4. The van der Waals surface area contributed by atoms with Crippen molar-refractivity contribution in [2.45, 2.75) is 19.9 Å². The first-order chi connectivity index (χ1) is 11.0. The van der Waals surface area contributed by atoms with Gasteiger partial charge in [-0.05, 0) is 18.6 Å². The number of nitrogens with one attached hydrogen (secondary N) is 1. The largest absolute Gasteiger partial charge is 0.323 e. The van der Waals surface area contributed by atoms with Crippen molar-refractivity contribution in [3.05, 3.63) is 52.8 Å². The van der Waals surface area contributed by atoms with Crippen LogP contribution in [-0.4, -0.2) is 25.2 Å². The smallest absolute Gasteiger partial charge is 0.261 e. The van der Waals surface area contributed by atoms with Gasteiger partial charge >= 0.3 is 0 Å². The first-order valence-corrected chi connectivity index (χ1v) is 7.28. The Balaban J connectivity index is 1.73. The van der Waals surface area contributed by atoms with Crippen LogP contribution in [0, 0.1) is 6.92 Å². The third-order valence-electron chi connectivity index (χ3n) is 3.62. The number of fused-ring (bicyclic) bond motifs is 1. The van der Waals surface area contributed by atoms with Gasteiger partial charge in [0.2, 0.25) is 5.91 Å². The number of nitrogens with zero attached hydrogens (tertiary/aromatic N) is 4. The zero-order valence-electron chi connectivity index (χ0n) is 13.0. The van der Waals surface area contributed by atoms with E-state index in [1.54, 1.807) is 30.2 Å². The summed E-state index contributed by atoms with van der Waals surface area (Å²) in [5.41, 5.74) is 2.17. The lowest BCUT2D eigenvalue weighted by Crippen LogP contribution is -2.23. The van der Waals surface area contributed by atoms with Gasteiger partial charge in [-0.1, -0.05) is 12.1 Å². The maximum atomic E-state index is 12.4. The van der Waals surface area contributed by atoms with Crippen LogP contribution in [-0.2, 0) is 18.4 Å². The predicted octanol–water partition coefficient (Wildman–Crippen LogP) is 1.47. The molecule has 1 N–H and O–H groups in total. The van der Waals surface area contributed by atoms with Crippen LogP contribution in [0.25, 0.3) is 10.9 Å². The second-order valence-corrected chi connectivity index (χ2v) is 5.42. The topological polar surface area (TPSA) is 81.8 Å². The van der Waals surface area contributed by atoms with Crippen molar-refractivity contribution >= 4 is 22.5 Å². The third-order valence-corrected chi connectivity index (χ3v) is 3.62. The van der Waals surface area contributed by atoms with Gasteiger partial charge in [0.05, 0.1) is 29.1 Å². The SMILES string of the molecule is Cc1cccc2c(=O)n(CCC(=O)Nc3cnn(C)c3)cnc12. The molecule has 7 nitrogen and oxygen atoms in total. The molecule has 0 atom stereocenters. The number of hydrogen-bond acceptors (Lipinski definition) is 4. The number of amides is 1. The van der Waals surface area contributed by atoms with E-state index in [4.69, 9.17) is 0 Å². The molecule has 3 rings (SSSR count). The van der Waals surface area contributed by atoms with Gasteiger partial charge in [-0.3, -0.25) is 18.8 Å². The van der Waals surface area contributed by atoms with Crippen molar-refractivity contribution in [1.29, 1.82) is 0 Å². The van der Waals surface area contributed by atoms with Crippen molar-refractivity contribution in [3.63, 3.8) is 0 Å². The third kappa shape index (κ3) is 3.13.